The predicted octanol–water partition coefficient (Wildman–Crippen LogP) is 1.72. The van der Waals surface area contributed by atoms with E-state index in [2.05, 4.69) is 20.8 Å². The van der Waals surface area contributed by atoms with Crippen LogP contribution < -0.4 is 15.3 Å². The van der Waals surface area contributed by atoms with Crippen LogP contribution in [0.2, 0.25) is 0 Å². The Labute approximate surface area is 127 Å². The van der Waals surface area contributed by atoms with Gasteiger partial charge in [0.15, 0.2) is 0 Å². The Balaban J connectivity index is 2.30. The zero-order valence-electron chi connectivity index (χ0n) is 11.2. The summed E-state index contributed by atoms with van der Waals surface area (Å²) in [7, 11) is -2.26. The van der Waals surface area contributed by atoms with E-state index in [4.69, 9.17) is 10.5 Å². The third kappa shape index (κ3) is 3.43. The zero-order chi connectivity index (χ0) is 14.8. The van der Waals surface area contributed by atoms with E-state index in [1.807, 2.05) is 0 Å². The van der Waals surface area contributed by atoms with Gasteiger partial charge in [-0.05, 0) is 40.9 Å². The lowest BCUT2D eigenvalue weighted by atomic mass is 10.2. The second-order valence-electron chi connectivity index (χ2n) is 4.67. The first kappa shape index (κ1) is 15.6. The second kappa shape index (κ2) is 6.30. The molecule has 0 radical (unpaired) electrons. The minimum absolute atomic E-state index is 0.0475. The molecule has 1 aliphatic heterocycles. The molecule has 1 aromatic carbocycles. The number of ether oxygens (including phenoxy) is 1. The largest absolute Gasteiger partial charge is 0.495 e. The summed E-state index contributed by atoms with van der Waals surface area (Å²) in [6, 6.07) is 2.95. The quantitative estimate of drug-likeness (QED) is 0.795. The number of benzene rings is 1. The summed E-state index contributed by atoms with van der Waals surface area (Å²) in [5.74, 6) is 0.260. The van der Waals surface area contributed by atoms with E-state index in [0.29, 0.717) is 23.2 Å². The van der Waals surface area contributed by atoms with Crippen LogP contribution >= 0.6 is 15.9 Å². The minimum Gasteiger partial charge on any atom is -0.495 e. The molecule has 1 aliphatic rings. The summed E-state index contributed by atoms with van der Waals surface area (Å²) in [5, 5.41) is 1.72. The highest BCUT2D eigenvalue weighted by Crippen LogP contribution is 2.32. The molecule has 2 rings (SSSR count). The van der Waals surface area contributed by atoms with Gasteiger partial charge in [0.2, 0.25) is 0 Å². The van der Waals surface area contributed by atoms with E-state index in [1.165, 1.54) is 13.2 Å². The molecule has 1 fully saturated rings. The molecular weight excluding hydrogens is 346 g/mol. The Hall–Kier alpha value is -0.830. The van der Waals surface area contributed by atoms with Gasteiger partial charge in [0, 0.05) is 23.2 Å². The molecule has 0 aliphatic carbocycles. The number of nitrogens with one attached hydrogen (secondary N) is 1. The van der Waals surface area contributed by atoms with Crippen LogP contribution in [0.5, 0.6) is 5.75 Å². The minimum atomic E-state index is -3.69. The van der Waals surface area contributed by atoms with E-state index < -0.39 is 10.0 Å². The van der Waals surface area contributed by atoms with Crippen molar-refractivity contribution in [1.29, 1.82) is 0 Å². The number of halogens is 1. The van der Waals surface area contributed by atoms with Crippen molar-refractivity contribution >= 4 is 31.6 Å². The van der Waals surface area contributed by atoms with Gasteiger partial charge in [-0.2, -0.15) is 0 Å². The van der Waals surface area contributed by atoms with Crippen LogP contribution in [-0.2, 0) is 10.0 Å². The molecule has 0 aromatic heterocycles. The van der Waals surface area contributed by atoms with E-state index in [1.54, 1.807) is 11.1 Å². The number of hydrogen-bond acceptors (Lipinski definition) is 5. The fourth-order valence-electron chi connectivity index (χ4n) is 2.12. The lowest BCUT2D eigenvalue weighted by Crippen LogP contribution is -2.44. The molecule has 0 amide bonds. The average Bonchev–Trinajstić information content (AvgIpc) is 2.42. The number of rotatable bonds is 4. The number of nitrogens with zero attached hydrogens (tertiary/aromatic N) is 1. The number of sulfonamides is 1. The van der Waals surface area contributed by atoms with Gasteiger partial charge in [0.05, 0.1) is 7.11 Å². The molecule has 1 aromatic rings. The van der Waals surface area contributed by atoms with Crippen molar-refractivity contribution in [3.63, 3.8) is 0 Å². The average molecular weight is 364 g/mol. The number of piperidine rings is 1. The maximum absolute atomic E-state index is 12.4. The van der Waals surface area contributed by atoms with Gasteiger partial charge in [-0.1, -0.05) is 6.42 Å². The molecule has 0 unspecified atom stereocenters. The summed E-state index contributed by atoms with van der Waals surface area (Å²) in [4.78, 5) is 2.64. The molecule has 1 saturated heterocycles. The highest BCUT2D eigenvalue weighted by Gasteiger charge is 2.24. The van der Waals surface area contributed by atoms with Crippen LogP contribution in [0.4, 0.5) is 5.69 Å². The molecule has 0 atom stereocenters. The van der Waals surface area contributed by atoms with Crippen molar-refractivity contribution in [2.24, 2.45) is 0 Å². The molecular formula is C12H18BrN3O3S. The van der Waals surface area contributed by atoms with Crippen molar-refractivity contribution in [3.8, 4) is 5.75 Å². The summed E-state index contributed by atoms with van der Waals surface area (Å²) in [6.07, 6.45) is 3.11. The van der Waals surface area contributed by atoms with Crippen LogP contribution in [0.1, 0.15) is 19.3 Å². The highest BCUT2D eigenvalue weighted by atomic mass is 79.9. The van der Waals surface area contributed by atoms with E-state index >= 15 is 0 Å². The molecule has 112 valence electrons. The third-order valence-electron chi connectivity index (χ3n) is 3.18. The first-order valence-corrected chi connectivity index (χ1v) is 8.62. The number of anilines is 1. The Morgan fingerprint density at radius 1 is 1.30 bits per heavy atom. The zero-order valence-corrected chi connectivity index (χ0v) is 13.6. The molecule has 3 N–H and O–H groups in total. The fourth-order valence-corrected chi connectivity index (χ4v) is 3.76. The standard InChI is InChI=1S/C12H18BrN3O3S/c1-19-11-7-9(13)10(14)8-12(11)20(17,18)15-16-5-3-2-4-6-16/h7-8,15H,2-6,14H2,1H3. The molecule has 0 spiro atoms. The lowest BCUT2D eigenvalue weighted by molar-refractivity contribution is 0.199. The lowest BCUT2D eigenvalue weighted by Gasteiger charge is -2.27. The monoisotopic (exact) mass is 363 g/mol. The van der Waals surface area contributed by atoms with Gasteiger partial charge >= 0.3 is 0 Å². The maximum Gasteiger partial charge on any atom is 0.257 e. The van der Waals surface area contributed by atoms with Gasteiger partial charge in [0.25, 0.3) is 10.0 Å². The molecule has 8 heteroatoms. The van der Waals surface area contributed by atoms with Crippen molar-refractivity contribution in [2.75, 3.05) is 25.9 Å². The number of methoxy groups -OCH3 is 1. The second-order valence-corrected chi connectivity index (χ2v) is 7.15. The van der Waals surface area contributed by atoms with Crippen LogP contribution in [0.3, 0.4) is 0 Å². The number of nitrogens with two attached hydrogens (primary N) is 1. The Morgan fingerprint density at radius 3 is 2.55 bits per heavy atom. The number of hydrazine groups is 1. The summed E-state index contributed by atoms with van der Waals surface area (Å²) >= 11 is 3.26. The van der Waals surface area contributed by atoms with E-state index in [9.17, 15) is 8.42 Å². The highest BCUT2D eigenvalue weighted by molar-refractivity contribution is 9.10. The summed E-state index contributed by atoms with van der Waals surface area (Å²) in [6.45, 7) is 1.43. The van der Waals surface area contributed by atoms with E-state index in [-0.39, 0.29) is 10.6 Å². The molecule has 0 bridgehead atoms. The van der Waals surface area contributed by atoms with Crippen LogP contribution in [0.15, 0.2) is 21.5 Å². The topological polar surface area (TPSA) is 84.7 Å². The Bertz CT molecular complexity index is 586. The Morgan fingerprint density at radius 2 is 1.95 bits per heavy atom. The van der Waals surface area contributed by atoms with Gasteiger partial charge in [0.1, 0.15) is 10.6 Å². The Kier molecular flexibility index (Phi) is 4.90. The van der Waals surface area contributed by atoms with Crippen molar-refractivity contribution < 1.29 is 13.2 Å². The molecule has 6 nitrogen and oxygen atoms in total. The van der Waals surface area contributed by atoms with Crippen LogP contribution in [-0.4, -0.2) is 33.6 Å². The van der Waals surface area contributed by atoms with E-state index in [0.717, 1.165) is 19.3 Å². The van der Waals surface area contributed by atoms with Gasteiger partial charge in [-0.25, -0.2) is 13.4 Å². The van der Waals surface area contributed by atoms with Crippen LogP contribution in [0, 0.1) is 0 Å². The molecule has 20 heavy (non-hydrogen) atoms. The third-order valence-corrected chi connectivity index (χ3v) is 5.26. The molecule has 1 heterocycles. The van der Waals surface area contributed by atoms with Crippen molar-refractivity contribution in [2.45, 2.75) is 24.2 Å². The normalized spacial score (nSPS) is 17.1. The van der Waals surface area contributed by atoms with Crippen LogP contribution in [0.25, 0.3) is 0 Å². The van der Waals surface area contributed by atoms with Crippen molar-refractivity contribution in [3.05, 3.63) is 16.6 Å². The number of nitrogen functional groups attached to an aromatic ring is 1. The summed E-state index contributed by atoms with van der Waals surface area (Å²) < 4.78 is 30.6. The van der Waals surface area contributed by atoms with Gasteiger partial charge in [-0.3, -0.25) is 0 Å². The first-order valence-electron chi connectivity index (χ1n) is 6.34. The fraction of sp³-hybridized carbons (Fsp3) is 0.500. The van der Waals surface area contributed by atoms with Gasteiger partial charge < -0.3 is 10.5 Å². The first-order chi connectivity index (χ1) is 9.44. The predicted molar refractivity (Wildman–Crippen MR) is 80.9 cm³/mol. The molecule has 0 saturated carbocycles. The van der Waals surface area contributed by atoms with Crippen molar-refractivity contribution in [1.82, 2.24) is 9.84 Å². The SMILES string of the molecule is COc1cc(Br)c(N)cc1S(=O)(=O)NN1CCCCC1. The smallest absolute Gasteiger partial charge is 0.257 e. The maximum atomic E-state index is 12.4. The van der Waals surface area contributed by atoms with Gasteiger partial charge in [-0.15, -0.1) is 4.83 Å². The number of hydrogen-bond donors (Lipinski definition) is 2. The summed E-state index contributed by atoms with van der Waals surface area (Å²) in [5.41, 5.74) is 6.12.